The highest BCUT2D eigenvalue weighted by Gasteiger charge is 2.44. The van der Waals surface area contributed by atoms with Gasteiger partial charge < -0.3 is 0 Å². The zero-order valence-corrected chi connectivity index (χ0v) is 13.0. The van der Waals surface area contributed by atoms with Gasteiger partial charge in [0.15, 0.2) is 0 Å². The van der Waals surface area contributed by atoms with Gasteiger partial charge >= 0.3 is 0 Å². The van der Waals surface area contributed by atoms with Crippen molar-refractivity contribution < 1.29 is 0 Å². The molecule has 0 unspecified atom stereocenters. The van der Waals surface area contributed by atoms with Crippen molar-refractivity contribution in [1.82, 2.24) is 0 Å². The van der Waals surface area contributed by atoms with Crippen molar-refractivity contribution >= 4 is 0 Å². The first kappa shape index (κ1) is 13.2. The lowest BCUT2D eigenvalue weighted by atomic mass is 9.55. The molecule has 0 N–H and O–H groups in total. The van der Waals surface area contributed by atoms with Crippen LogP contribution < -0.4 is 0 Å². The van der Waals surface area contributed by atoms with Crippen molar-refractivity contribution in [2.45, 2.75) is 71.1 Å². The first-order valence-electron chi connectivity index (χ1n) is 8.15. The summed E-state index contributed by atoms with van der Waals surface area (Å²) in [5.74, 6) is 2.48. The summed E-state index contributed by atoms with van der Waals surface area (Å²) in [5, 5.41) is 0. The smallest absolute Gasteiger partial charge is 0.00417 e. The summed E-state index contributed by atoms with van der Waals surface area (Å²) in [6.07, 6.45) is 6.97. The molecule has 0 saturated heterocycles. The fraction of sp³-hybridized carbons (Fsp3) is 0.684. The van der Waals surface area contributed by atoms with E-state index in [-0.39, 0.29) is 0 Å². The van der Waals surface area contributed by atoms with Gasteiger partial charge in [0.05, 0.1) is 0 Å². The third-order valence-electron chi connectivity index (χ3n) is 6.00. The van der Waals surface area contributed by atoms with Crippen molar-refractivity contribution in [2.24, 2.45) is 11.8 Å². The van der Waals surface area contributed by atoms with Gasteiger partial charge in [-0.25, -0.2) is 0 Å². The molecule has 1 aromatic rings. The molecule has 0 nitrogen and oxygen atoms in total. The van der Waals surface area contributed by atoms with Crippen LogP contribution in [0.15, 0.2) is 18.2 Å². The van der Waals surface area contributed by atoms with Gasteiger partial charge in [0.2, 0.25) is 0 Å². The standard InChI is InChI=1S/C19H28/c1-13(2)15-7-10-18-16(12-15)8-9-17-14(3)6-5-11-19(17,18)4/h7,10,12-14,17H,5-6,8-9,11H2,1-4H3/t14-,17+,19+/m1/s1. The predicted molar refractivity (Wildman–Crippen MR) is 82.7 cm³/mol. The molecule has 0 bridgehead atoms. The van der Waals surface area contributed by atoms with Gasteiger partial charge in [0.1, 0.15) is 0 Å². The topological polar surface area (TPSA) is 0 Å². The van der Waals surface area contributed by atoms with E-state index >= 15 is 0 Å². The van der Waals surface area contributed by atoms with Crippen LogP contribution in [-0.4, -0.2) is 0 Å². The van der Waals surface area contributed by atoms with Crippen LogP contribution >= 0.6 is 0 Å². The molecule has 1 saturated carbocycles. The minimum absolute atomic E-state index is 0.459. The lowest BCUT2D eigenvalue weighted by molar-refractivity contribution is 0.118. The second kappa shape index (κ2) is 4.65. The first-order chi connectivity index (χ1) is 9.02. The van der Waals surface area contributed by atoms with Gasteiger partial charge in [-0.15, -0.1) is 0 Å². The molecule has 2 aliphatic rings. The van der Waals surface area contributed by atoms with E-state index in [1.54, 1.807) is 11.1 Å². The molecule has 0 spiro atoms. The van der Waals surface area contributed by atoms with E-state index in [1.807, 2.05) is 0 Å². The van der Waals surface area contributed by atoms with Gasteiger partial charge in [-0.05, 0) is 59.1 Å². The Hall–Kier alpha value is -0.780. The van der Waals surface area contributed by atoms with E-state index < -0.39 is 0 Å². The Kier molecular flexibility index (Phi) is 3.23. The molecule has 104 valence electrons. The third-order valence-corrected chi connectivity index (χ3v) is 6.00. The molecule has 3 rings (SSSR count). The molecule has 0 amide bonds. The number of aryl methyl sites for hydroxylation is 1. The molecule has 0 aliphatic heterocycles. The molecule has 3 atom stereocenters. The molecule has 1 fully saturated rings. The van der Waals surface area contributed by atoms with Crippen LogP contribution in [0.4, 0.5) is 0 Å². The molecule has 19 heavy (non-hydrogen) atoms. The zero-order chi connectivity index (χ0) is 13.6. The minimum atomic E-state index is 0.459. The number of hydrogen-bond donors (Lipinski definition) is 0. The maximum atomic E-state index is 2.54. The maximum absolute atomic E-state index is 2.54. The Morgan fingerprint density at radius 2 is 2.00 bits per heavy atom. The van der Waals surface area contributed by atoms with Crippen LogP contribution in [0, 0.1) is 11.8 Å². The van der Waals surface area contributed by atoms with Gasteiger partial charge in [0.25, 0.3) is 0 Å². The number of fused-ring (bicyclic) bond motifs is 3. The molecule has 1 aromatic carbocycles. The highest BCUT2D eigenvalue weighted by Crippen LogP contribution is 2.52. The number of rotatable bonds is 1. The quantitative estimate of drug-likeness (QED) is 0.626. The SMILES string of the molecule is CC(C)c1ccc2c(c1)CC[C@H]1[C@H](C)CCC[C@]21C. The summed E-state index contributed by atoms with van der Waals surface area (Å²) in [5.41, 5.74) is 5.31. The molecular weight excluding hydrogens is 228 g/mol. The van der Waals surface area contributed by atoms with E-state index in [1.165, 1.54) is 37.7 Å². The van der Waals surface area contributed by atoms with E-state index in [0.29, 0.717) is 11.3 Å². The Balaban J connectivity index is 2.04. The van der Waals surface area contributed by atoms with Crippen LogP contribution in [-0.2, 0) is 11.8 Å². The van der Waals surface area contributed by atoms with Gasteiger partial charge in [-0.2, -0.15) is 0 Å². The Morgan fingerprint density at radius 1 is 1.21 bits per heavy atom. The van der Waals surface area contributed by atoms with Crippen molar-refractivity contribution in [1.29, 1.82) is 0 Å². The van der Waals surface area contributed by atoms with E-state index in [4.69, 9.17) is 0 Å². The van der Waals surface area contributed by atoms with Crippen LogP contribution in [0.3, 0.4) is 0 Å². The van der Waals surface area contributed by atoms with Crippen molar-refractivity contribution in [3.8, 4) is 0 Å². The highest BCUT2D eigenvalue weighted by molar-refractivity contribution is 5.41. The lowest BCUT2D eigenvalue weighted by Gasteiger charge is -2.49. The molecule has 0 heteroatoms. The summed E-state index contributed by atoms with van der Waals surface area (Å²) < 4.78 is 0. The summed E-state index contributed by atoms with van der Waals surface area (Å²) in [4.78, 5) is 0. The maximum Gasteiger partial charge on any atom is -0.00417 e. The van der Waals surface area contributed by atoms with Crippen molar-refractivity contribution in [3.63, 3.8) is 0 Å². The Morgan fingerprint density at radius 3 is 2.74 bits per heavy atom. The third kappa shape index (κ3) is 2.04. The average molecular weight is 256 g/mol. The van der Waals surface area contributed by atoms with Crippen LogP contribution in [0.5, 0.6) is 0 Å². The summed E-state index contributed by atoms with van der Waals surface area (Å²) >= 11 is 0. The lowest BCUT2D eigenvalue weighted by Crippen LogP contribution is -2.43. The monoisotopic (exact) mass is 256 g/mol. The summed E-state index contributed by atoms with van der Waals surface area (Å²) in [6.45, 7) is 9.63. The fourth-order valence-corrected chi connectivity index (χ4v) is 4.79. The fourth-order valence-electron chi connectivity index (χ4n) is 4.79. The van der Waals surface area contributed by atoms with E-state index in [2.05, 4.69) is 45.9 Å². The second-order valence-corrected chi connectivity index (χ2v) is 7.50. The number of benzene rings is 1. The molecule has 0 aromatic heterocycles. The first-order valence-corrected chi connectivity index (χ1v) is 8.15. The second-order valence-electron chi connectivity index (χ2n) is 7.50. The normalized spacial score (nSPS) is 33.9. The van der Waals surface area contributed by atoms with Crippen molar-refractivity contribution in [3.05, 3.63) is 34.9 Å². The average Bonchev–Trinajstić information content (AvgIpc) is 2.38. The summed E-state index contributed by atoms with van der Waals surface area (Å²) in [6, 6.07) is 7.35. The number of hydrogen-bond acceptors (Lipinski definition) is 0. The van der Waals surface area contributed by atoms with E-state index in [0.717, 1.165) is 11.8 Å². The van der Waals surface area contributed by atoms with Crippen LogP contribution in [0.1, 0.15) is 76.0 Å². The minimum Gasteiger partial charge on any atom is -0.0622 e. The molecular formula is C19H28. The van der Waals surface area contributed by atoms with Crippen LogP contribution in [0.2, 0.25) is 0 Å². The van der Waals surface area contributed by atoms with Crippen molar-refractivity contribution in [2.75, 3.05) is 0 Å². The Labute approximate surface area is 118 Å². The molecule has 0 radical (unpaired) electrons. The Bertz CT molecular complexity index is 471. The highest BCUT2D eigenvalue weighted by atomic mass is 14.5. The molecule has 2 aliphatic carbocycles. The predicted octanol–water partition coefficient (Wildman–Crippen LogP) is 5.45. The largest absolute Gasteiger partial charge is 0.0622 e. The van der Waals surface area contributed by atoms with Crippen LogP contribution in [0.25, 0.3) is 0 Å². The van der Waals surface area contributed by atoms with Gasteiger partial charge in [0, 0.05) is 0 Å². The zero-order valence-electron chi connectivity index (χ0n) is 13.0. The van der Waals surface area contributed by atoms with Gasteiger partial charge in [-0.3, -0.25) is 0 Å². The summed E-state index contributed by atoms with van der Waals surface area (Å²) in [7, 11) is 0. The van der Waals surface area contributed by atoms with Gasteiger partial charge in [-0.1, -0.05) is 58.7 Å². The van der Waals surface area contributed by atoms with E-state index in [9.17, 15) is 0 Å². The molecule has 0 heterocycles.